The molecule has 1 unspecified atom stereocenters. The molecule has 1 aliphatic rings. The van der Waals surface area contributed by atoms with Crippen LogP contribution in [-0.4, -0.2) is 24.6 Å². The molecule has 1 atom stereocenters. The van der Waals surface area contributed by atoms with Crippen LogP contribution in [0.25, 0.3) is 0 Å². The van der Waals surface area contributed by atoms with Crippen LogP contribution in [0.2, 0.25) is 0 Å². The summed E-state index contributed by atoms with van der Waals surface area (Å²) in [5.41, 5.74) is 1.06. The molecule has 0 bridgehead atoms. The molecule has 1 aliphatic heterocycles. The van der Waals surface area contributed by atoms with E-state index in [1.54, 1.807) is 0 Å². The Morgan fingerprint density at radius 3 is 2.32 bits per heavy atom. The average molecular weight is 317 g/mol. The first-order chi connectivity index (χ1) is 10.6. The van der Waals surface area contributed by atoms with Crippen molar-refractivity contribution >= 4 is 18.0 Å². The van der Waals surface area contributed by atoms with Gasteiger partial charge in [0, 0.05) is 17.3 Å². The lowest BCUT2D eigenvalue weighted by Crippen LogP contribution is -2.54. The number of nitrogens with two attached hydrogens (primary N) is 1. The van der Waals surface area contributed by atoms with Gasteiger partial charge in [0.25, 0.3) is 7.37 Å². The van der Waals surface area contributed by atoms with Gasteiger partial charge in [-0.05, 0) is 18.2 Å². The van der Waals surface area contributed by atoms with Crippen molar-refractivity contribution in [3.8, 4) is 0 Å². The van der Waals surface area contributed by atoms with Crippen molar-refractivity contribution in [3.63, 3.8) is 0 Å². The topological polar surface area (TPSA) is 52.3 Å². The maximum atomic E-state index is 13.4. The number of likely N-dealkylation sites (tertiary alicyclic amines) is 1. The Morgan fingerprint density at radius 2 is 1.73 bits per heavy atom. The van der Waals surface area contributed by atoms with Gasteiger partial charge in [-0.15, -0.1) is 0 Å². The highest BCUT2D eigenvalue weighted by Crippen LogP contribution is 2.44. The van der Waals surface area contributed by atoms with Gasteiger partial charge < -0.3 is 4.48 Å². The van der Waals surface area contributed by atoms with E-state index < -0.39 is 7.37 Å². The van der Waals surface area contributed by atoms with Crippen LogP contribution in [0.4, 0.5) is 0 Å². The number of benzene rings is 2. The standard InChI is InChI=1S/C17H22N2O2P/c1-19(12-7-13-19)14-15-8-5-6-11-17(15)22(20,21-18)16-9-3-2-4-10-16/h2-6,8-11H,7,12-14,18H2,1H3/q+1. The Morgan fingerprint density at radius 1 is 1.09 bits per heavy atom. The Labute approximate surface area is 131 Å². The molecule has 2 aromatic carbocycles. The monoisotopic (exact) mass is 317 g/mol. The van der Waals surface area contributed by atoms with E-state index in [9.17, 15) is 4.57 Å². The fourth-order valence-electron chi connectivity index (χ4n) is 3.08. The fraction of sp³-hybridized carbons (Fsp3) is 0.294. The predicted molar refractivity (Wildman–Crippen MR) is 89.3 cm³/mol. The quantitative estimate of drug-likeness (QED) is 0.522. The number of rotatable bonds is 5. The lowest BCUT2D eigenvalue weighted by atomic mass is 10.1. The van der Waals surface area contributed by atoms with Crippen LogP contribution in [0.3, 0.4) is 0 Å². The van der Waals surface area contributed by atoms with Crippen LogP contribution in [0.5, 0.6) is 0 Å². The zero-order valence-corrected chi connectivity index (χ0v) is 13.7. The Bertz CT molecular complexity index is 699. The van der Waals surface area contributed by atoms with Gasteiger partial charge in [0.05, 0.1) is 25.4 Å². The van der Waals surface area contributed by atoms with Crippen molar-refractivity contribution in [2.45, 2.75) is 13.0 Å². The molecule has 1 fully saturated rings. The van der Waals surface area contributed by atoms with Crippen molar-refractivity contribution < 1.29 is 13.7 Å². The molecule has 0 amide bonds. The molecule has 0 spiro atoms. The fourth-order valence-corrected chi connectivity index (χ4v) is 4.96. The summed E-state index contributed by atoms with van der Waals surface area (Å²) >= 11 is 0. The number of quaternary nitrogens is 1. The van der Waals surface area contributed by atoms with E-state index in [-0.39, 0.29) is 0 Å². The van der Waals surface area contributed by atoms with Crippen molar-refractivity contribution in [1.82, 2.24) is 0 Å². The molecule has 4 nitrogen and oxygen atoms in total. The lowest BCUT2D eigenvalue weighted by molar-refractivity contribution is -0.958. The molecule has 116 valence electrons. The first-order valence-corrected chi connectivity index (χ1v) is 9.16. The summed E-state index contributed by atoms with van der Waals surface area (Å²) in [6.45, 7) is 3.18. The van der Waals surface area contributed by atoms with E-state index in [0.29, 0.717) is 5.30 Å². The van der Waals surface area contributed by atoms with E-state index in [1.165, 1.54) is 6.42 Å². The van der Waals surface area contributed by atoms with Gasteiger partial charge in [-0.25, -0.2) is 10.5 Å². The van der Waals surface area contributed by atoms with Gasteiger partial charge in [0.15, 0.2) is 0 Å². The number of hydrogen-bond acceptors (Lipinski definition) is 3. The molecule has 1 saturated heterocycles. The largest absolute Gasteiger partial charge is 0.322 e. The van der Waals surface area contributed by atoms with E-state index >= 15 is 0 Å². The van der Waals surface area contributed by atoms with E-state index in [4.69, 9.17) is 10.5 Å². The second kappa shape index (κ2) is 5.98. The summed E-state index contributed by atoms with van der Waals surface area (Å²) in [4.78, 5) is 0. The zero-order chi connectivity index (χ0) is 15.6. The first-order valence-electron chi connectivity index (χ1n) is 7.54. The zero-order valence-electron chi connectivity index (χ0n) is 12.8. The van der Waals surface area contributed by atoms with Gasteiger partial charge in [-0.2, -0.15) is 0 Å². The van der Waals surface area contributed by atoms with E-state index in [2.05, 4.69) is 7.05 Å². The van der Waals surface area contributed by atoms with E-state index in [0.717, 1.165) is 35.0 Å². The molecule has 1 heterocycles. The van der Waals surface area contributed by atoms with Crippen LogP contribution >= 0.6 is 7.37 Å². The molecule has 2 N–H and O–H groups in total. The van der Waals surface area contributed by atoms with Gasteiger partial charge in [0.1, 0.15) is 6.54 Å². The van der Waals surface area contributed by atoms with Crippen molar-refractivity contribution in [2.24, 2.45) is 5.90 Å². The summed E-state index contributed by atoms with van der Waals surface area (Å²) in [5.74, 6) is 5.48. The second-order valence-corrected chi connectivity index (χ2v) is 8.51. The molecular formula is C17H22N2O2P+. The summed E-state index contributed by atoms with van der Waals surface area (Å²) in [5, 5.41) is 1.35. The van der Waals surface area contributed by atoms with Crippen LogP contribution < -0.4 is 16.5 Å². The Balaban J connectivity index is 2.04. The SMILES string of the molecule is C[N+]1(Cc2ccccc2P(=O)(ON)c2ccccc2)CCC1. The molecular weight excluding hydrogens is 295 g/mol. The predicted octanol–water partition coefficient (Wildman–Crippen LogP) is 2.16. The summed E-state index contributed by atoms with van der Waals surface area (Å²) < 4.78 is 19.5. The van der Waals surface area contributed by atoms with Crippen LogP contribution in [0.1, 0.15) is 12.0 Å². The highest BCUT2D eigenvalue weighted by molar-refractivity contribution is 7.74. The smallest absolute Gasteiger partial charge is 0.277 e. The summed E-state index contributed by atoms with van der Waals surface area (Å²) in [6.07, 6.45) is 1.25. The lowest BCUT2D eigenvalue weighted by Gasteiger charge is -2.42. The van der Waals surface area contributed by atoms with Crippen molar-refractivity contribution in [2.75, 3.05) is 20.1 Å². The third kappa shape index (κ3) is 2.75. The second-order valence-electron chi connectivity index (χ2n) is 6.20. The minimum absolute atomic E-state index is 0.635. The maximum Gasteiger partial charge on any atom is 0.277 e. The Kier molecular flexibility index (Phi) is 4.20. The van der Waals surface area contributed by atoms with Gasteiger partial charge in [-0.3, -0.25) is 4.57 Å². The highest BCUT2D eigenvalue weighted by atomic mass is 31.2. The van der Waals surface area contributed by atoms with Crippen LogP contribution in [-0.2, 0) is 15.7 Å². The number of nitrogens with zero attached hydrogens (tertiary/aromatic N) is 1. The molecule has 22 heavy (non-hydrogen) atoms. The minimum atomic E-state index is -3.25. The van der Waals surface area contributed by atoms with Gasteiger partial charge in [0.2, 0.25) is 0 Å². The maximum absolute atomic E-state index is 13.4. The van der Waals surface area contributed by atoms with Gasteiger partial charge >= 0.3 is 0 Å². The van der Waals surface area contributed by atoms with Crippen molar-refractivity contribution in [3.05, 3.63) is 60.2 Å². The third-order valence-electron chi connectivity index (χ3n) is 4.50. The molecule has 0 aromatic heterocycles. The Hall–Kier alpha value is -1.45. The highest BCUT2D eigenvalue weighted by Gasteiger charge is 2.35. The normalized spacial score (nSPS) is 19.2. The minimum Gasteiger partial charge on any atom is -0.322 e. The summed E-state index contributed by atoms with van der Waals surface area (Å²) in [7, 11) is -1.01. The molecule has 0 radical (unpaired) electrons. The van der Waals surface area contributed by atoms with Crippen LogP contribution in [0, 0.1) is 0 Å². The molecule has 0 aliphatic carbocycles. The molecule has 5 heteroatoms. The number of hydrogen-bond donors (Lipinski definition) is 1. The summed E-state index contributed by atoms with van der Waals surface area (Å²) in [6, 6.07) is 17.0. The average Bonchev–Trinajstić information content (AvgIpc) is 2.54. The third-order valence-corrected chi connectivity index (χ3v) is 6.85. The van der Waals surface area contributed by atoms with Crippen molar-refractivity contribution in [1.29, 1.82) is 0 Å². The van der Waals surface area contributed by atoms with Gasteiger partial charge in [-0.1, -0.05) is 36.4 Å². The molecule has 3 rings (SSSR count). The van der Waals surface area contributed by atoms with Crippen LogP contribution in [0.15, 0.2) is 54.6 Å². The molecule has 2 aromatic rings. The first kappa shape index (κ1) is 15.4. The molecule has 0 saturated carbocycles. The van der Waals surface area contributed by atoms with E-state index in [1.807, 2.05) is 54.6 Å².